The zero-order valence-electron chi connectivity index (χ0n) is 11.4. The Balaban J connectivity index is 2.78. The van der Waals surface area contributed by atoms with Crippen LogP contribution < -0.4 is 0 Å². The molecule has 0 radical (unpaired) electrons. The maximum Gasteiger partial charge on any atom is 0.139 e. The number of carbonyl (C=O) groups is 1. The number of hydrogen-bond donors (Lipinski definition) is 0. The van der Waals surface area contributed by atoms with Gasteiger partial charge in [-0.1, -0.05) is 37.6 Å². The summed E-state index contributed by atoms with van der Waals surface area (Å²) in [5, 5.41) is 0. The zero-order chi connectivity index (χ0) is 12.6. The first-order chi connectivity index (χ1) is 7.18. The monoisotopic (exact) mass is 220 g/mol. The van der Waals surface area contributed by atoms with Crippen molar-refractivity contribution in [2.24, 2.45) is 16.7 Å². The number of Topliss-reactive ketones (excluding diaryl/α,β-unsaturated/α-hetero) is 1. The number of hydrogen-bond acceptors (Lipinski definition) is 1. The summed E-state index contributed by atoms with van der Waals surface area (Å²) in [5.74, 6) is 0.760. The molecule has 0 amide bonds. The van der Waals surface area contributed by atoms with Crippen molar-refractivity contribution in [1.82, 2.24) is 0 Å². The van der Waals surface area contributed by atoms with Crippen molar-refractivity contribution in [3.63, 3.8) is 0 Å². The van der Waals surface area contributed by atoms with Gasteiger partial charge in [0, 0.05) is 5.41 Å². The number of allylic oxidation sites excluding steroid dienone is 4. The summed E-state index contributed by atoms with van der Waals surface area (Å²) < 4.78 is 0. The second kappa shape index (κ2) is 4.20. The lowest BCUT2D eigenvalue weighted by Gasteiger charge is -2.28. The highest BCUT2D eigenvalue weighted by Crippen LogP contribution is 2.44. The maximum absolute atomic E-state index is 11.4. The fraction of sp³-hybridized carbons (Fsp3) is 0.667. The van der Waals surface area contributed by atoms with E-state index in [-0.39, 0.29) is 16.6 Å². The molecule has 0 aromatic rings. The molecular formula is C15H24O. The summed E-state index contributed by atoms with van der Waals surface area (Å²) in [5.41, 5.74) is 1.37. The molecule has 0 spiro atoms. The van der Waals surface area contributed by atoms with Gasteiger partial charge < -0.3 is 0 Å². The van der Waals surface area contributed by atoms with E-state index in [1.807, 2.05) is 13.8 Å². The Labute approximate surface area is 99.6 Å². The van der Waals surface area contributed by atoms with E-state index in [0.717, 1.165) is 6.42 Å². The fourth-order valence-corrected chi connectivity index (χ4v) is 1.95. The second-order valence-corrected chi connectivity index (χ2v) is 6.09. The first kappa shape index (κ1) is 13.2. The highest BCUT2D eigenvalue weighted by atomic mass is 16.1. The Morgan fingerprint density at radius 2 is 2.06 bits per heavy atom. The van der Waals surface area contributed by atoms with E-state index in [9.17, 15) is 4.79 Å². The van der Waals surface area contributed by atoms with E-state index in [1.54, 1.807) is 6.92 Å². The molecule has 0 heterocycles. The van der Waals surface area contributed by atoms with Crippen LogP contribution in [0.25, 0.3) is 0 Å². The average molecular weight is 220 g/mol. The lowest BCUT2D eigenvalue weighted by atomic mass is 9.76. The quantitative estimate of drug-likeness (QED) is 0.653. The van der Waals surface area contributed by atoms with Crippen molar-refractivity contribution < 1.29 is 4.79 Å². The fourth-order valence-electron chi connectivity index (χ4n) is 1.95. The minimum Gasteiger partial charge on any atom is -0.299 e. The average Bonchev–Trinajstić information content (AvgIpc) is 2.39. The Bertz CT molecular complexity index is 342. The molecule has 1 nitrogen and oxygen atoms in total. The van der Waals surface area contributed by atoms with Crippen LogP contribution in [0, 0.1) is 16.7 Å². The van der Waals surface area contributed by atoms with Gasteiger partial charge in [0.15, 0.2) is 0 Å². The number of ketones is 1. The molecule has 1 unspecified atom stereocenters. The van der Waals surface area contributed by atoms with Gasteiger partial charge in [-0.15, -0.1) is 0 Å². The van der Waals surface area contributed by atoms with E-state index < -0.39 is 0 Å². The molecule has 0 aromatic heterocycles. The Hall–Kier alpha value is -0.850. The molecule has 1 heteroatoms. The third-order valence-corrected chi connectivity index (χ3v) is 4.27. The molecule has 1 aliphatic carbocycles. The summed E-state index contributed by atoms with van der Waals surface area (Å²) in [6, 6.07) is 0. The Morgan fingerprint density at radius 3 is 2.44 bits per heavy atom. The van der Waals surface area contributed by atoms with Gasteiger partial charge in [0.1, 0.15) is 5.78 Å². The first-order valence-corrected chi connectivity index (χ1v) is 6.05. The SMILES string of the molecule is CC(=O)C(C)(C)C=CC1CC=C(C)C1(C)C. The predicted molar refractivity (Wildman–Crippen MR) is 69.2 cm³/mol. The summed E-state index contributed by atoms with van der Waals surface area (Å²) in [7, 11) is 0. The molecule has 1 aliphatic rings. The van der Waals surface area contributed by atoms with E-state index in [1.165, 1.54) is 5.57 Å². The summed E-state index contributed by atoms with van der Waals surface area (Å²) in [6.45, 7) is 12.4. The van der Waals surface area contributed by atoms with Crippen LogP contribution in [0.1, 0.15) is 48.0 Å². The van der Waals surface area contributed by atoms with Crippen LogP contribution >= 0.6 is 0 Å². The first-order valence-electron chi connectivity index (χ1n) is 6.05. The van der Waals surface area contributed by atoms with Crippen molar-refractivity contribution in [3.05, 3.63) is 23.8 Å². The largest absolute Gasteiger partial charge is 0.299 e. The van der Waals surface area contributed by atoms with Crippen molar-refractivity contribution >= 4 is 5.78 Å². The van der Waals surface area contributed by atoms with Crippen LogP contribution in [0.4, 0.5) is 0 Å². The van der Waals surface area contributed by atoms with Gasteiger partial charge in [0.25, 0.3) is 0 Å². The van der Waals surface area contributed by atoms with E-state index in [2.05, 4.69) is 39.0 Å². The van der Waals surface area contributed by atoms with E-state index in [0.29, 0.717) is 5.92 Å². The van der Waals surface area contributed by atoms with Crippen LogP contribution in [0.15, 0.2) is 23.8 Å². The van der Waals surface area contributed by atoms with Crippen molar-refractivity contribution in [2.75, 3.05) is 0 Å². The van der Waals surface area contributed by atoms with Crippen molar-refractivity contribution in [1.29, 1.82) is 0 Å². The van der Waals surface area contributed by atoms with Crippen LogP contribution in [0.3, 0.4) is 0 Å². The lowest BCUT2D eigenvalue weighted by Crippen LogP contribution is -2.21. The van der Waals surface area contributed by atoms with Gasteiger partial charge in [0.2, 0.25) is 0 Å². The van der Waals surface area contributed by atoms with E-state index in [4.69, 9.17) is 0 Å². The third kappa shape index (κ3) is 2.45. The van der Waals surface area contributed by atoms with Crippen LogP contribution in [0.2, 0.25) is 0 Å². The molecule has 0 aliphatic heterocycles. The minimum atomic E-state index is -0.327. The molecule has 90 valence electrons. The highest BCUT2D eigenvalue weighted by molar-refractivity contribution is 5.83. The smallest absolute Gasteiger partial charge is 0.139 e. The van der Waals surface area contributed by atoms with Crippen LogP contribution in [-0.2, 0) is 4.79 Å². The molecule has 0 aromatic carbocycles. The van der Waals surface area contributed by atoms with Gasteiger partial charge in [-0.05, 0) is 45.4 Å². The highest BCUT2D eigenvalue weighted by Gasteiger charge is 2.33. The molecule has 0 saturated heterocycles. The van der Waals surface area contributed by atoms with Gasteiger partial charge >= 0.3 is 0 Å². The second-order valence-electron chi connectivity index (χ2n) is 6.09. The Morgan fingerprint density at radius 1 is 1.50 bits per heavy atom. The minimum absolute atomic E-state index is 0.226. The van der Waals surface area contributed by atoms with Crippen LogP contribution in [0.5, 0.6) is 0 Å². The van der Waals surface area contributed by atoms with Crippen molar-refractivity contribution in [2.45, 2.75) is 48.0 Å². The molecule has 0 fully saturated rings. The summed E-state index contributed by atoms with van der Waals surface area (Å²) in [4.78, 5) is 11.4. The van der Waals surface area contributed by atoms with Crippen molar-refractivity contribution in [3.8, 4) is 0 Å². The predicted octanol–water partition coefficient (Wildman–Crippen LogP) is 4.15. The van der Waals surface area contributed by atoms with E-state index >= 15 is 0 Å². The topological polar surface area (TPSA) is 17.1 Å². The molecule has 1 rings (SSSR count). The molecular weight excluding hydrogens is 196 g/mol. The lowest BCUT2D eigenvalue weighted by molar-refractivity contribution is -0.122. The molecule has 0 bridgehead atoms. The van der Waals surface area contributed by atoms with Crippen LogP contribution in [-0.4, -0.2) is 5.78 Å². The molecule has 1 atom stereocenters. The maximum atomic E-state index is 11.4. The molecule has 0 saturated carbocycles. The summed E-state index contributed by atoms with van der Waals surface area (Å²) in [6.07, 6.45) is 7.72. The standard InChI is InChI=1S/C15H24O/c1-11-7-8-13(15(11,5)6)9-10-14(3,4)12(2)16/h7,9-10,13H,8H2,1-6H3. The molecule has 16 heavy (non-hydrogen) atoms. The normalized spacial score (nSPS) is 24.9. The Kier molecular flexibility index (Phi) is 3.47. The molecule has 0 N–H and O–H groups in total. The van der Waals surface area contributed by atoms with Gasteiger partial charge in [-0.2, -0.15) is 0 Å². The van der Waals surface area contributed by atoms with Gasteiger partial charge in [-0.25, -0.2) is 0 Å². The zero-order valence-corrected chi connectivity index (χ0v) is 11.4. The summed E-state index contributed by atoms with van der Waals surface area (Å²) >= 11 is 0. The van der Waals surface area contributed by atoms with Gasteiger partial charge in [-0.3, -0.25) is 4.79 Å². The number of rotatable bonds is 3. The van der Waals surface area contributed by atoms with Gasteiger partial charge in [0.05, 0.1) is 0 Å². The third-order valence-electron chi connectivity index (χ3n) is 4.27. The number of carbonyl (C=O) groups excluding carboxylic acids is 1.